The van der Waals surface area contributed by atoms with Crippen molar-refractivity contribution in [3.8, 4) is 0 Å². The van der Waals surface area contributed by atoms with Crippen molar-refractivity contribution in [2.45, 2.75) is 38.8 Å². The maximum atomic E-state index is 12.1. The van der Waals surface area contributed by atoms with E-state index in [1.54, 1.807) is 0 Å². The van der Waals surface area contributed by atoms with E-state index in [2.05, 4.69) is 27.3 Å². The number of hydrogen-bond acceptors (Lipinski definition) is 4. The van der Waals surface area contributed by atoms with E-state index in [1.807, 2.05) is 37.3 Å². The Labute approximate surface area is 179 Å². The number of aliphatic imine (C=N–C) groups is 1. The lowest BCUT2D eigenvalue weighted by molar-refractivity contribution is 0.0283. The van der Waals surface area contributed by atoms with Gasteiger partial charge in [0.2, 0.25) is 10.0 Å². The molecule has 1 fully saturated rings. The minimum atomic E-state index is -3.35. The van der Waals surface area contributed by atoms with Gasteiger partial charge >= 0.3 is 0 Å². The summed E-state index contributed by atoms with van der Waals surface area (Å²) in [5, 5.41) is 6.22. The molecule has 7 nitrogen and oxygen atoms in total. The van der Waals surface area contributed by atoms with Gasteiger partial charge in [0.05, 0.1) is 17.9 Å². The van der Waals surface area contributed by atoms with Crippen molar-refractivity contribution in [2.75, 3.05) is 32.0 Å². The van der Waals surface area contributed by atoms with Gasteiger partial charge in [-0.25, -0.2) is 13.1 Å². The Hall–Kier alpha value is -0.910. The van der Waals surface area contributed by atoms with Gasteiger partial charge in [-0.15, -0.1) is 24.0 Å². The van der Waals surface area contributed by atoms with Crippen molar-refractivity contribution in [3.63, 3.8) is 0 Å². The van der Waals surface area contributed by atoms with E-state index in [1.165, 1.54) is 0 Å². The Balaban J connectivity index is 0.00000364. The van der Waals surface area contributed by atoms with Crippen LogP contribution in [0.1, 0.15) is 32.3 Å². The molecule has 1 aromatic carbocycles. The number of sulfonamides is 1. The van der Waals surface area contributed by atoms with Crippen LogP contribution in [-0.4, -0.2) is 52.0 Å². The van der Waals surface area contributed by atoms with Crippen LogP contribution < -0.4 is 15.4 Å². The van der Waals surface area contributed by atoms with Crippen LogP contribution in [0.25, 0.3) is 0 Å². The van der Waals surface area contributed by atoms with E-state index < -0.39 is 10.0 Å². The Morgan fingerprint density at radius 3 is 2.63 bits per heavy atom. The van der Waals surface area contributed by atoms with Crippen LogP contribution in [-0.2, 0) is 21.3 Å². The smallest absolute Gasteiger partial charge is 0.213 e. The van der Waals surface area contributed by atoms with Crippen LogP contribution in [0.2, 0.25) is 0 Å². The highest BCUT2D eigenvalue weighted by Crippen LogP contribution is 2.24. The molecular weight excluding hydrogens is 479 g/mol. The molecule has 1 heterocycles. The van der Waals surface area contributed by atoms with Gasteiger partial charge in [-0.2, -0.15) is 0 Å². The molecule has 0 aliphatic carbocycles. The van der Waals surface area contributed by atoms with Gasteiger partial charge in [0.15, 0.2) is 5.96 Å². The van der Waals surface area contributed by atoms with Crippen molar-refractivity contribution < 1.29 is 13.2 Å². The quantitative estimate of drug-likeness (QED) is 0.268. The van der Waals surface area contributed by atoms with Crippen LogP contribution in [0, 0.1) is 0 Å². The molecule has 0 bridgehead atoms. The molecule has 2 rings (SSSR count). The molecule has 0 radical (unpaired) electrons. The summed E-state index contributed by atoms with van der Waals surface area (Å²) in [6.45, 7) is 6.67. The van der Waals surface area contributed by atoms with E-state index in [0.29, 0.717) is 25.6 Å². The summed E-state index contributed by atoms with van der Waals surface area (Å²) in [5.74, 6) is 0.598. The average Bonchev–Trinajstić information content (AvgIpc) is 3.06. The molecule has 1 saturated heterocycles. The van der Waals surface area contributed by atoms with Gasteiger partial charge in [0, 0.05) is 26.2 Å². The van der Waals surface area contributed by atoms with Crippen molar-refractivity contribution in [2.24, 2.45) is 4.99 Å². The minimum Gasteiger partial charge on any atom is -0.373 e. The Bertz CT molecular complexity index is 677. The summed E-state index contributed by atoms with van der Waals surface area (Å²) in [6.07, 6.45) is 2.05. The molecule has 1 atom stereocenters. The molecule has 9 heteroatoms. The summed E-state index contributed by atoms with van der Waals surface area (Å²) < 4.78 is 32.6. The number of nitrogens with zero attached hydrogens (tertiary/aromatic N) is 1. The molecular formula is C18H31IN4O3S. The largest absolute Gasteiger partial charge is 0.373 e. The number of rotatable bonds is 9. The molecule has 0 aromatic heterocycles. The fourth-order valence-electron chi connectivity index (χ4n) is 2.71. The second-order valence-electron chi connectivity index (χ2n) is 6.65. The number of nitrogens with one attached hydrogen (secondary N) is 3. The minimum absolute atomic E-state index is 0. The predicted octanol–water partition coefficient (Wildman–Crippen LogP) is 1.85. The number of halogens is 1. The van der Waals surface area contributed by atoms with Crippen molar-refractivity contribution in [1.29, 1.82) is 0 Å². The van der Waals surface area contributed by atoms with E-state index in [0.717, 1.165) is 25.0 Å². The summed E-state index contributed by atoms with van der Waals surface area (Å²) in [7, 11) is -3.35. The highest BCUT2D eigenvalue weighted by atomic mass is 127. The third kappa shape index (κ3) is 9.22. The van der Waals surface area contributed by atoms with E-state index >= 15 is 0 Å². The molecule has 27 heavy (non-hydrogen) atoms. The zero-order chi connectivity index (χ0) is 18.9. The SMILES string of the molecule is CCNC(=NCC1(C)CCCO1)NCCS(=O)(=O)NCc1ccccc1.I. The highest BCUT2D eigenvalue weighted by molar-refractivity contribution is 14.0. The Morgan fingerprint density at radius 2 is 2.00 bits per heavy atom. The number of hydrogen-bond donors (Lipinski definition) is 3. The van der Waals surface area contributed by atoms with E-state index in [-0.39, 0.29) is 41.9 Å². The van der Waals surface area contributed by atoms with Gasteiger partial charge in [-0.05, 0) is 32.3 Å². The van der Waals surface area contributed by atoms with Crippen LogP contribution in [0.4, 0.5) is 0 Å². The molecule has 1 unspecified atom stereocenters. The standard InChI is InChI=1S/C18H30N4O3S.HI/c1-3-19-17(21-15-18(2)10-7-12-25-18)20-11-13-26(23,24)22-14-16-8-5-4-6-9-16;/h4-6,8-9,22H,3,7,10-15H2,1-2H3,(H2,19,20,21);1H. The molecule has 0 amide bonds. The van der Waals surface area contributed by atoms with Crippen LogP contribution in [0.5, 0.6) is 0 Å². The number of guanidine groups is 1. The zero-order valence-electron chi connectivity index (χ0n) is 16.0. The van der Waals surface area contributed by atoms with Crippen molar-refractivity contribution in [1.82, 2.24) is 15.4 Å². The van der Waals surface area contributed by atoms with Gasteiger partial charge in [0.1, 0.15) is 0 Å². The lowest BCUT2D eigenvalue weighted by atomic mass is 10.0. The molecule has 0 saturated carbocycles. The first-order chi connectivity index (χ1) is 12.4. The maximum absolute atomic E-state index is 12.1. The fraction of sp³-hybridized carbons (Fsp3) is 0.611. The van der Waals surface area contributed by atoms with Gasteiger partial charge in [0.25, 0.3) is 0 Å². The molecule has 3 N–H and O–H groups in total. The second-order valence-corrected chi connectivity index (χ2v) is 8.58. The Morgan fingerprint density at radius 1 is 1.26 bits per heavy atom. The topological polar surface area (TPSA) is 91.8 Å². The predicted molar refractivity (Wildman–Crippen MR) is 120 cm³/mol. The maximum Gasteiger partial charge on any atom is 0.213 e. The lowest BCUT2D eigenvalue weighted by Crippen LogP contribution is -2.42. The van der Waals surface area contributed by atoms with Gasteiger partial charge < -0.3 is 15.4 Å². The summed E-state index contributed by atoms with van der Waals surface area (Å²) >= 11 is 0. The van der Waals surface area contributed by atoms with Gasteiger partial charge in [-0.1, -0.05) is 30.3 Å². The monoisotopic (exact) mass is 510 g/mol. The van der Waals surface area contributed by atoms with Crippen LogP contribution in [0.3, 0.4) is 0 Å². The van der Waals surface area contributed by atoms with Crippen LogP contribution >= 0.6 is 24.0 Å². The van der Waals surface area contributed by atoms with E-state index in [4.69, 9.17) is 4.74 Å². The molecule has 1 aromatic rings. The molecule has 154 valence electrons. The van der Waals surface area contributed by atoms with E-state index in [9.17, 15) is 8.42 Å². The zero-order valence-corrected chi connectivity index (χ0v) is 19.2. The first-order valence-electron chi connectivity index (χ1n) is 9.10. The van der Waals surface area contributed by atoms with Crippen molar-refractivity contribution in [3.05, 3.63) is 35.9 Å². The third-order valence-electron chi connectivity index (χ3n) is 4.22. The second kappa shape index (κ2) is 11.8. The number of benzene rings is 1. The average molecular weight is 510 g/mol. The third-order valence-corrected chi connectivity index (χ3v) is 5.54. The summed E-state index contributed by atoms with van der Waals surface area (Å²) in [4.78, 5) is 4.53. The normalized spacial score (nSPS) is 20.1. The van der Waals surface area contributed by atoms with Gasteiger partial charge in [-0.3, -0.25) is 4.99 Å². The first-order valence-corrected chi connectivity index (χ1v) is 10.8. The molecule has 1 aliphatic rings. The summed E-state index contributed by atoms with van der Waals surface area (Å²) in [5.41, 5.74) is 0.717. The van der Waals surface area contributed by atoms with Crippen LogP contribution in [0.15, 0.2) is 35.3 Å². The summed E-state index contributed by atoms with van der Waals surface area (Å²) in [6, 6.07) is 9.46. The first kappa shape index (κ1) is 24.1. The molecule has 0 spiro atoms. The highest BCUT2D eigenvalue weighted by Gasteiger charge is 2.29. The molecule has 1 aliphatic heterocycles. The van der Waals surface area contributed by atoms with Crippen molar-refractivity contribution >= 4 is 40.0 Å². The number of ether oxygens (including phenoxy) is 1. The lowest BCUT2D eigenvalue weighted by Gasteiger charge is -2.21. The fourth-order valence-corrected chi connectivity index (χ4v) is 3.62. The Kier molecular flexibility index (Phi) is 10.6.